The van der Waals surface area contributed by atoms with E-state index in [1.807, 2.05) is 42.5 Å². The molecule has 4 rings (SSSR count). The smallest absolute Gasteiger partial charge is 0.193 e. The van der Waals surface area contributed by atoms with Crippen LogP contribution < -0.4 is 0 Å². The Kier molecular flexibility index (Phi) is 3.46. The van der Waals surface area contributed by atoms with Crippen molar-refractivity contribution in [3.8, 4) is 0 Å². The van der Waals surface area contributed by atoms with Crippen LogP contribution in [-0.2, 0) is 13.5 Å². The summed E-state index contributed by atoms with van der Waals surface area (Å²) in [7, 11) is 2.08. The van der Waals surface area contributed by atoms with Crippen molar-refractivity contribution in [1.29, 1.82) is 0 Å². The summed E-state index contributed by atoms with van der Waals surface area (Å²) in [4.78, 5) is 12.7. The summed E-state index contributed by atoms with van der Waals surface area (Å²) in [6.45, 7) is 2.16. The van der Waals surface area contributed by atoms with Gasteiger partial charge in [0.1, 0.15) is 0 Å². The Morgan fingerprint density at radius 3 is 2.21 bits per heavy atom. The van der Waals surface area contributed by atoms with E-state index >= 15 is 0 Å². The van der Waals surface area contributed by atoms with Gasteiger partial charge in [-0.1, -0.05) is 43.3 Å². The molecule has 0 aliphatic rings. The summed E-state index contributed by atoms with van der Waals surface area (Å²) in [6.07, 6.45) is 1.01. The van der Waals surface area contributed by atoms with E-state index in [0.29, 0.717) is 0 Å². The van der Waals surface area contributed by atoms with E-state index in [0.717, 1.165) is 28.5 Å². The molecule has 2 nitrogen and oxygen atoms in total. The van der Waals surface area contributed by atoms with Crippen molar-refractivity contribution in [3.05, 3.63) is 83.4 Å². The number of fused-ring (bicyclic) bond motifs is 3. The van der Waals surface area contributed by atoms with Crippen LogP contribution in [0, 0.1) is 0 Å². The topological polar surface area (TPSA) is 22.0 Å². The maximum atomic E-state index is 12.7. The third-order valence-electron chi connectivity index (χ3n) is 4.78. The van der Waals surface area contributed by atoms with Gasteiger partial charge in [0.05, 0.1) is 0 Å². The first-order valence-electron chi connectivity index (χ1n) is 8.30. The van der Waals surface area contributed by atoms with Gasteiger partial charge in [0.2, 0.25) is 0 Å². The SMILES string of the molecule is CCc1ccc2c(c1)c1cc(C(=O)c3ccccc3)ccc1n2C. The number of rotatable bonds is 3. The zero-order valence-corrected chi connectivity index (χ0v) is 13.9. The average molecular weight is 313 g/mol. The number of aromatic nitrogens is 1. The Labute approximate surface area is 141 Å². The molecule has 0 amide bonds. The maximum Gasteiger partial charge on any atom is 0.193 e. The van der Waals surface area contributed by atoms with Gasteiger partial charge in [-0.3, -0.25) is 4.79 Å². The second-order valence-electron chi connectivity index (χ2n) is 6.19. The molecule has 1 heterocycles. The molecule has 1 aromatic heterocycles. The normalized spacial score (nSPS) is 11.2. The molecule has 4 aromatic rings. The maximum absolute atomic E-state index is 12.7. The highest BCUT2D eigenvalue weighted by Crippen LogP contribution is 2.30. The van der Waals surface area contributed by atoms with E-state index in [-0.39, 0.29) is 5.78 Å². The molecule has 118 valence electrons. The van der Waals surface area contributed by atoms with Crippen LogP contribution in [-0.4, -0.2) is 10.4 Å². The molecule has 0 saturated heterocycles. The molecule has 0 atom stereocenters. The van der Waals surface area contributed by atoms with Crippen LogP contribution in [0.4, 0.5) is 0 Å². The molecule has 0 fully saturated rings. The highest BCUT2D eigenvalue weighted by Gasteiger charge is 2.13. The molecule has 0 spiro atoms. The lowest BCUT2D eigenvalue weighted by Gasteiger charge is -2.02. The molecule has 0 aliphatic carbocycles. The number of nitrogens with zero attached hydrogens (tertiary/aromatic N) is 1. The molecular formula is C22H19NO. The second kappa shape index (κ2) is 5.64. The van der Waals surface area contributed by atoms with E-state index in [9.17, 15) is 4.79 Å². The fraction of sp³-hybridized carbons (Fsp3) is 0.136. The molecule has 0 saturated carbocycles. The summed E-state index contributed by atoms with van der Waals surface area (Å²) in [5.41, 5.74) is 5.14. The molecule has 3 aromatic carbocycles. The molecule has 0 aliphatic heterocycles. The third kappa shape index (κ3) is 2.23. The lowest BCUT2D eigenvalue weighted by Crippen LogP contribution is -2.00. The van der Waals surface area contributed by atoms with E-state index in [4.69, 9.17) is 0 Å². The molecule has 0 radical (unpaired) electrons. The quantitative estimate of drug-likeness (QED) is 0.481. The van der Waals surface area contributed by atoms with Crippen molar-refractivity contribution in [2.45, 2.75) is 13.3 Å². The second-order valence-corrected chi connectivity index (χ2v) is 6.19. The molecule has 0 unspecified atom stereocenters. The fourth-order valence-corrected chi connectivity index (χ4v) is 3.38. The molecular weight excluding hydrogens is 294 g/mol. The van der Waals surface area contributed by atoms with Crippen LogP contribution in [0.2, 0.25) is 0 Å². The van der Waals surface area contributed by atoms with Crippen molar-refractivity contribution in [3.63, 3.8) is 0 Å². The zero-order chi connectivity index (χ0) is 16.7. The number of benzene rings is 3. The van der Waals surface area contributed by atoms with Crippen LogP contribution >= 0.6 is 0 Å². The van der Waals surface area contributed by atoms with Gasteiger partial charge in [0.25, 0.3) is 0 Å². The third-order valence-corrected chi connectivity index (χ3v) is 4.78. The van der Waals surface area contributed by atoms with E-state index in [1.165, 1.54) is 16.5 Å². The van der Waals surface area contributed by atoms with Gasteiger partial charge in [-0.15, -0.1) is 0 Å². The van der Waals surface area contributed by atoms with E-state index < -0.39 is 0 Å². The van der Waals surface area contributed by atoms with Crippen LogP contribution in [0.3, 0.4) is 0 Å². The monoisotopic (exact) mass is 313 g/mol. The fourth-order valence-electron chi connectivity index (χ4n) is 3.38. The van der Waals surface area contributed by atoms with Crippen LogP contribution in [0.25, 0.3) is 21.8 Å². The largest absolute Gasteiger partial charge is 0.344 e. The highest BCUT2D eigenvalue weighted by atomic mass is 16.1. The van der Waals surface area contributed by atoms with Crippen molar-refractivity contribution in [1.82, 2.24) is 4.57 Å². The Morgan fingerprint density at radius 1 is 0.833 bits per heavy atom. The van der Waals surface area contributed by atoms with Gasteiger partial charge in [-0.2, -0.15) is 0 Å². The molecule has 0 N–H and O–H groups in total. The van der Waals surface area contributed by atoms with Gasteiger partial charge in [-0.25, -0.2) is 0 Å². The first-order chi connectivity index (χ1) is 11.7. The van der Waals surface area contributed by atoms with Gasteiger partial charge >= 0.3 is 0 Å². The lowest BCUT2D eigenvalue weighted by molar-refractivity contribution is 0.103. The predicted molar refractivity (Wildman–Crippen MR) is 99.7 cm³/mol. The van der Waals surface area contributed by atoms with Gasteiger partial charge in [0, 0.05) is 40.0 Å². The van der Waals surface area contributed by atoms with E-state index in [1.54, 1.807) is 0 Å². The first kappa shape index (κ1) is 14.7. The molecule has 2 heteroatoms. The standard InChI is InChI=1S/C22H19NO/c1-3-15-9-11-20-18(13-15)19-14-17(10-12-21(19)23(20)2)22(24)16-7-5-4-6-8-16/h4-14H,3H2,1-2H3. The average Bonchev–Trinajstić information content (AvgIpc) is 2.93. The lowest BCUT2D eigenvalue weighted by atomic mass is 10.0. The number of ketones is 1. The van der Waals surface area contributed by atoms with Crippen molar-refractivity contribution < 1.29 is 4.79 Å². The van der Waals surface area contributed by atoms with Crippen LogP contribution in [0.1, 0.15) is 28.4 Å². The number of carbonyl (C=O) groups excluding carboxylic acids is 1. The van der Waals surface area contributed by atoms with Gasteiger partial charge in [-0.05, 0) is 42.3 Å². The number of carbonyl (C=O) groups is 1. The summed E-state index contributed by atoms with van der Waals surface area (Å²) >= 11 is 0. The van der Waals surface area contributed by atoms with Crippen LogP contribution in [0.5, 0.6) is 0 Å². The van der Waals surface area contributed by atoms with Crippen molar-refractivity contribution in [2.75, 3.05) is 0 Å². The Morgan fingerprint density at radius 2 is 1.50 bits per heavy atom. The number of hydrogen-bond acceptors (Lipinski definition) is 1. The van der Waals surface area contributed by atoms with Crippen LogP contribution in [0.15, 0.2) is 66.7 Å². The Bertz CT molecular complexity index is 1060. The van der Waals surface area contributed by atoms with Crippen molar-refractivity contribution >= 4 is 27.6 Å². The van der Waals surface area contributed by atoms with Gasteiger partial charge in [0.15, 0.2) is 5.78 Å². The Hall–Kier alpha value is -2.87. The summed E-state index contributed by atoms with van der Waals surface area (Å²) in [5.74, 6) is 0.0705. The zero-order valence-electron chi connectivity index (χ0n) is 13.9. The molecule has 0 bridgehead atoms. The minimum absolute atomic E-state index is 0.0705. The minimum atomic E-state index is 0.0705. The summed E-state index contributed by atoms with van der Waals surface area (Å²) in [6, 6.07) is 22.1. The van der Waals surface area contributed by atoms with Crippen molar-refractivity contribution in [2.24, 2.45) is 7.05 Å². The Balaban J connectivity index is 1.94. The summed E-state index contributed by atoms with van der Waals surface area (Å²) in [5, 5.41) is 2.36. The predicted octanol–water partition coefficient (Wildman–Crippen LogP) is 5.12. The first-order valence-corrected chi connectivity index (χ1v) is 8.30. The highest BCUT2D eigenvalue weighted by molar-refractivity contribution is 6.14. The number of aryl methyl sites for hydroxylation is 2. The van der Waals surface area contributed by atoms with E-state index in [2.05, 4.69) is 42.8 Å². The number of hydrogen-bond donors (Lipinski definition) is 0. The van der Waals surface area contributed by atoms with Gasteiger partial charge < -0.3 is 4.57 Å². The summed E-state index contributed by atoms with van der Waals surface area (Å²) < 4.78 is 2.20. The molecule has 24 heavy (non-hydrogen) atoms. The minimum Gasteiger partial charge on any atom is -0.344 e.